The van der Waals surface area contributed by atoms with Crippen molar-refractivity contribution in [3.8, 4) is 0 Å². The first-order chi connectivity index (χ1) is 21.0. The molecule has 44 heavy (non-hydrogen) atoms. The molecule has 4 N–H and O–H groups in total. The largest absolute Gasteiger partial charge is 0.452 e. The number of rotatable bonds is 5. The van der Waals surface area contributed by atoms with Crippen molar-refractivity contribution < 1.29 is 39.2 Å². The molecule has 0 aliphatic carbocycles. The van der Waals surface area contributed by atoms with Crippen molar-refractivity contribution in [1.82, 2.24) is 5.32 Å². The molecule has 0 saturated carbocycles. The number of cyclic esters (lactones) is 1. The molecule has 0 spiro atoms. The average molecular weight is 626 g/mol. The minimum Gasteiger partial charge on any atom is -0.452 e. The molecule has 0 bridgehead atoms. The Hall–Kier alpha value is -1.81. The van der Waals surface area contributed by atoms with Crippen LogP contribution in [0.3, 0.4) is 0 Å². The molecule has 0 aromatic rings. The van der Waals surface area contributed by atoms with Crippen LogP contribution in [0.15, 0.2) is 11.6 Å². The van der Waals surface area contributed by atoms with E-state index in [0.29, 0.717) is 69.2 Å². The first-order valence-electron chi connectivity index (χ1n) is 17.2. The third-order valence-electron chi connectivity index (χ3n) is 8.88. The monoisotopic (exact) mass is 625 g/mol. The second-order valence-electron chi connectivity index (χ2n) is 13.1. The molecule has 1 heterocycles. The molecule has 7 atom stereocenters. The standard InChI is InChI=1S/C35H63NO8/c1-6-12-33-34(41)36-23-30(38)22-32(40)31(39)20-19-28(24-43-5)16-10-14-27(7-2)15-11-18-29(37)17-9-8-13-25(3)21-26(4)35(42)44-33/h16,25-27,30-33,38-40H,6-15,17-24H2,1-5H3,(H,36,41)/b28-16+/t25-,26+,27+,30+,31-,32+,33?/m1/s1. The van der Waals surface area contributed by atoms with E-state index in [1.54, 1.807) is 7.11 Å². The van der Waals surface area contributed by atoms with Gasteiger partial charge in [-0.1, -0.05) is 65.9 Å². The van der Waals surface area contributed by atoms with Crippen LogP contribution in [-0.2, 0) is 23.9 Å². The number of hydrogen-bond donors (Lipinski definition) is 4. The topological polar surface area (TPSA) is 142 Å². The third kappa shape index (κ3) is 17.6. The molecule has 1 unspecified atom stereocenters. The molecule has 256 valence electrons. The van der Waals surface area contributed by atoms with Crippen LogP contribution in [0.2, 0.25) is 0 Å². The number of nitrogens with one attached hydrogen (secondary N) is 1. The van der Waals surface area contributed by atoms with Gasteiger partial charge in [0.15, 0.2) is 6.10 Å². The number of carbonyl (C=O) groups is 3. The minimum atomic E-state index is -1.16. The summed E-state index contributed by atoms with van der Waals surface area (Å²) < 4.78 is 10.9. The molecular formula is C35H63NO8. The molecule has 9 heteroatoms. The summed E-state index contributed by atoms with van der Waals surface area (Å²) in [5, 5.41) is 34.2. The smallest absolute Gasteiger partial charge is 0.309 e. The van der Waals surface area contributed by atoms with Crippen LogP contribution < -0.4 is 5.32 Å². The highest BCUT2D eigenvalue weighted by Crippen LogP contribution is 2.23. The highest BCUT2D eigenvalue weighted by Gasteiger charge is 2.27. The predicted molar refractivity (Wildman–Crippen MR) is 173 cm³/mol. The van der Waals surface area contributed by atoms with Crippen molar-refractivity contribution >= 4 is 17.7 Å². The number of aliphatic hydroxyl groups is 3. The molecule has 0 saturated heterocycles. The number of Topliss-reactive ketones (excluding diaryl/α,β-unsaturated/α-hetero) is 1. The SMILES string of the molecule is CCCC1OC(=O)[C@@H](C)C[C@H](C)CCCCC(=O)CCC[C@@H](CC)CC/C=C(/COC)CC[C@@H](O)[C@@H](O)C[C@H](O)CNC1=O. The van der Waals surface area contributed by atoms with E-state index in [4.69, 9.17) is 9.47 Å². The van der Waals surface area contributed by atoms with Gasteiger partial charge in [-0.05, 0) is 68.8 Å². The van der Waals surface area contributed by atoms with Crippen LogP contribution in [0.4, 0.5) is 0 Å². The Morgan fingerprint density at radius 1 is 0.909 bits per heavy atom. The molecule has 1 amide bonds. The van der Waals surface area contributed by atoms with Gasteiger partial charge in [0.25, 0.3) is 5.91 Å². The summed E-state index contributed by atoms with van der Waals surface area (Å²) in [6, 6.07) is 0. The molecule has 0 radical (unpaired) electrons. The molecule has 1 aliphatic rings. The molecule has 1 rings (SSSR count). The quantitative estimate of drug-likeness (QED) is 0.234. The number of amides is 1. The zero-order chi connectivity index (χ0) is 32.9. The number of esters is 1. The van der Waals surface area contributed by atoms with E-state index < -0.39 is 36.3 Å². The number of β-amino-alcohol motifs (C(OH)–C–C–N with tert-alkyl or cyclic N) is 1. The number of ketones is 1. The zero-order valence-electron chi connectivity index (χ0n) is 28.2. The van der Waals surface area contributed by atoms with E-state index in [1.807, 2.05) is 13.8 Å². The second-order valence-corrected chi connectivity index (χ2v) is 13.1. The van der Waals surface area contributed by atoms with Crippen LogP contribution >= 0.6 is 0 Å². The molecule has 0 aromatic carbocycles. The highest BCUT2D eigenvalue weighted by molar-refractivity contribution is 5.84. The van der Waals surface area contributed by atoms with E-state index in [2.05, 4.69) is 25.2 Å². The fourth-order valence-corrected chi connectivity index (χ4v) is 5.98. The van der Waals surface area contributed by atoms with Crippen molar-refractivity contribution in [2.24, 2.45) is 17.8 Å². The Morgan fingerprint density at radius 2 is 1.64 bits per heavy atom. The fraction of sp³-hybridized carbons (Fsp3) is 0.857. The van der Waals surface area contributed by atoms with Crippen molar-refractivity contribution in [3.05, 3.63) is 11.6 Å². The lowest BCUT2D eigenvalue weighted by Crippen LogP contribution is -2.43. The van der Waals surface area contributed by atoms with Crippen molar-refractivity contribution in [3.63, 3.8) is 0 Å². The van der Waals surface area contributed by atoms with Gasteiger partial charge in [0, 0.05) is 32.9 Å². The highest BCUT2D eigenvalue weighted by atomic mass is 16.5. The third-order valence-corrected chi connectivity index (χ3v) is 8.88. The summed E-state index contributed by atoms with van der Waals surface area (Å²) in [5.41, 5.74) is 1.06. The summed E-state index contributed by atoms with van der Waals surface area (Å²) >= 11 is 0. The van der Waals surface area contributed by atoms with Crippen LogP contribution in [0, 0.1) is 17.8 Å². The summed E-state index contributed by atoms with van der Waals surface area (Å²) in [6.45, 7) is 8.34. The first kappa shape index (κ1) is 40.2. The fourth-order valence-electron chi connectivity index (χ4n) is 5.98. The molecule has 0 fully saturated rings. The number of ether oxygens (including phenoxy) is 2. The van der Waals surface area contributed by atoms with E-state index in [1.165, 1.54) is 0 Å². The van der Waals surface area contributed by atoms with Gasteiger partial charge in [0.2, 0.25) is 0 Å². The average Bonchev–Trinajstić information content (AvgIpc) is 2.98. The maximum absolute atomic E-state index is 12.8. The summed E-state index contributed by atoms with van der Waals surface area (Å²) in [6.07, 6.45) is 9.29. The number of allylic oxidation sites excluding steroid dienone is 1. The summed E-state index contributed by atoms with van der Waals surface area (Å²) in [5.74, 6) is -0.0892. The van der Waals surface area contributed by atoms with E-state index in [0.717, 1.165) is 56.9 Å². The molecule has 0 aromatic heterocycles. The van der Waals surface area contributed by atoms with Gasteiger partial charge in [0.1, 0.15) is 5.78 Å². The van der Waals surface area contributed by atoms with E-state index in [-0.39, 0.29) is 18.9 Å². The molecule has 1 aliphatic heterocycles. The number of carbonyl (C=O) groups excluding carboxylic acids is 3. The van der Waals surface area contributed by atoms with Crippen molar-refractivity contribution in [1.29, 1.82) is 0 Å². The Labute approximate surface area is 266 Å². The number of hydrogen-bond acceptors (Lipinski definition) is 8. The van der Waals surface area contributed by atoms with E-state index >= 15 is 0 Å². The van der Waals surface area contributed by atoms with Crippen LogP contribution in [0.1, 0.15) is 130 Å². The van der Waals surface area contributed by atoms with Crippen LogP contribution in [-0.4, -0.2) is 77.7 Å². The van der Waals surface area contributed by atoms with Crippen LogP contribution in [0.25, 0.3) is 0 Å². The Balaban J connectivity index is 2.91. The minimum absolute atomic E-state index is 0.0986. The zero-order valence-corrected chi connectivity index (χ0v) is 28.2. The lowest BCUT2D eigenvalue weighted by molar-refractivity contribution is -0.160. The van der Waals surface area contributed by atoms with Crippen LogP contribution in [0.5, 0.6) is 0 Å². The summed E-state index contributed by atoms with van der Waals surface area (Å²) in [7, 11) is 1.63. The second kappa shape index (κ2) is 23.5. The Bertz CT molecular complexity index is 847. The molecular weight excluding hydrogens is 562 g/mol. The van der Waals surface area contributed by atoms with Gasteiger partial charge >= 0.3 is 5.97 Å². The van der Waals surface area contributed by atoms with Gasteiger partial charge in [-0.25, -0.2) is 0 Å². The maximum Gasteiger partial charge on any atom is 0.309 e. The van der Waals surface area contributed by atoms with Gasteiger partial charge in [-0.3, -0.25) is 14.4 Å². The first-order valence-corrected chi connectivity index (χ1v) is 17.2. The van der Waals surface area contributed by atoms with E-state index in [9.17, 15) is 29.7 Å². The number of aliphatic hydroxyl groups excluding tert-OH is 3. The van der Waals surface area contributed by atoms with Gasteiger partial charge < -0.3 is 30.1 Å². The Kier molecular flexibility index (Phi) is 21.5. The normalized spacial score (nSPS) is 32.4. The maximum atomic E-state index is 12.8. The molecule has 9 nitrogen and oxygen atoms in total. The van der Waals surface area contributed by atoms with Gasteiger partial charge in [-0.15, -0.1) is 0 Å². The van der Waals surface area contributed by atoms with Gasteiger partial charge in [0.05, 0.1) is 30.8 Å². The predicted octanol–water partition coefficient (Wildman–Crippen LogP) is 5.42. The van der Waals surface area contributed by atoms with Crippen molar-refractivity contribution in [2.75, 3.05) is 20.3 Å². The number of methoxy groups -OCH3 is 1. The lowest BCUT2D eigenvalue weighted by atomic mass is 9.91. The summed E-state index contributed by atoms with van der Waals surface area (Å²) in [4.78, 5) is 38.1. The Morgan fingerprint density at radius 3 is 2.32 bits per heavy atom. The lowest BCUT2D eigenvalue weighted by Gasteiger charge is -2.23. The van der Waals surface area contributed by atoms with Crippen molar-refractivity contribution in [2.45, 2.75) is 155 Å². The van der Waals surface area contributed by atoms with Gasteiger partial charge in [-0.2, -0.15) is 0 Å².